The Morgan fingerprint density at radius 3 is 3.10 bits per heavy atom. The van der Waals surface area contributed by atoms with Crippen molar-refractivity contribution in [3.8, 4) is 5.75 Å². The van der Waals surface area contributed by atoms with Crippen LogP contribution in [0, 0.1) is 0 Å². The van der Waals surface area contributed by atoms with Crippen molar-refractivity contribution in [2.24, 2.45) is 0 Å². The summed E-state index contributed by atoms with van der Waals surface area (Å²) in [7, 11) is 0. The fraction of sp³-hybridized carbons (Fsp3) is 0.438. The van der Waals surface area contributed by atoms with Gasteiger partial charge in [0.1, 0.15) is 5.75 Å². The number of allylic oxidation sites excluding steroid dienone is 1. The van der Waals surface area contributed by atoms with Crippen LogP contribution in [-0.4, -0.2) is 23.2 Å². The summed E-state index contributed by atoms with van der Waals surface area (Å²) in [5.41, 5.74) is 0.769. The Balaban J connectivity index is 1.89. The van der Waals surface area contributed by atoms with Crippen LogP contribution in [0.2, 0.25) is 0 Å². The summed E-state index contributed by atoms with van der Waals surface area (Å²) < 4.78 is 5.61. The van der Waals surface area contributed by atoms with Crippen molar-refractivity contribution in [1.82, 2.24) is 5.32 Å². The molecule has 1 amide bonds. The molecule has 0 saturated heterocycles. The lowest BCUT2D eigenvalue weighted by Crippen LogP contribution is -2.42. The van der Waals surface area contributed by atoms with Gasteiger partial charge in [-0.05, 0) is 43.9 Å². The van der Waals surface area contributed by atoms with Gasteiger partial charge in [-0.1, -0.05) is 24.3 Å². The van der Waals surface area contributed by atoms with Crippen LogP contribution < -0.4 is 10.1 Å². The molecule has 2 atom stereocenters. The second-order valence-corrected chi connectivity index (χ2v) is 5.04. The second kappa shape index (κ2) is 7.10. The van der Waals surface area contributed by atoms with Crippen LogP contribution in [0.4, 0.5) is 0 Å². The van der Waals surface area contributed by atoms with E-state index in [1.54, 1.807) is 25.1 Å². The molecular formula is C16H21NO3. The molecule has 4 nitrogen and oxygen atoms in total. The highest BCUT2D eigenvalue weighted by atomic mass is 16.5. The molecule has 1 aromatic rings. The van der Waals surface area contributed by atoms with Crippen LogP contribution in [0.5, 0.6) is 5.75 Å². The maximum Gasteiger partial charge on any atom is 0.261 e. The fourth-order valence-electron chi connectivity index (χ4n) is 2.21. The normalized spacial score (nSPS) is 19.4. The molecule has 2 N–H and O–H groups in total. The first-order chi connectivity index (χ1) is 9.69. The summed E-state index contributed by atoms with van der Waals surface area (Å²) in [5, 5.41) is 12.0. The van der Waals surface area contributed by atoms with Crippen molar-refractivity contribution in [3.05, 3.63) is 42.0 Å². The molecule has 0 bridgehead atoms. The molecule has 0 spiro atoms. The van der Waals surface area contributed by atoms with Gasteiger partial charge in [0, 0.05) is 6.04 Å². The molecule has 0 aromatic heterocycles. The van der Waals surface area contributed by atoms with Crippen LogP contribution in [0.1, 0.15) is 31.7 Å². The first kappa shape index (κ1) is 14.6. The number of ether oxygens (including phenoxy) is 1. The molecular weight excluding hydrogens is 254 g/mol. The third-order valence-corrected chi connectivity index (χ3v) is 3.35. The van der Waals surface area contributed by atoms with Crippen molar-refractivity contribution >= 4 is 5.91 Å². The largest absolute Gasteiger partial charge is 0.481 e. The quantitative estimate of drug-likeness (QED) is 0.810. The molecule has 2 unspecified atom stereocenters. The van der Waals surface area contributed by atoms with Gasteiger partial charge >= 0.3 is 0 Å². The third kappa shape index (κ3) is 4.10. The van der Waals surface area contributed by atoms with Gasteiger partial charge in [-0.15, -0.1) is 0 Å². The number of amides is 1. The number of hydrogen-bond donors (Lipinski definition) is 2. The summed E-state index contributed by atoms with van der Waals surface area (Å²) in [5.74, 6) is 0.481. The number of nitrogens with one attached hydrogen (secondary N) is 1. The van der Waals surface area contributed by atoms with E-state index in [4.69, 9.17) is 9.84 Å². The smallest absolute Gasteiger partial charge is 0.261 e. The van der Waals surface area contributed by atoms with Gasteiger partial charge in [-0.25, -0.2) is 0 Å². The summed E-state index contributed by atoms with van der Waals surface area (Å²) in [6.45, 7) is 1.69. The lowest BCUT2D eigenvalue weighted by atomic mass is 10.0. The van der Waals surface area contributed by atoms with E-state index in [9.17, 15) is 4.79 Å². The maximum absolute atomic E-state index is 12.1. The second-order valence-electron chi connectivity index (χ2n) is 5.04. The van der Waals surface area contributed by atoms with Gasteiger partial charge < -0.3 is 15.2 Å². The molecule has 1 aromatic carbocycles. The standard InChI is InChI=1S/C16H21NO3/c1-12(16(19)17-14-7-3-2-4-8-14)20-15-9-5-6-13(10-15)11-18/h3,5-7,9-10,12,14,18H,2,4,8,11H2,1H3,(H,17,19). The SMILES string of the molecule is CC(Oc1cccc(CO)c1)C(=O)NC1C=CCCC1. The molecule has 2 rings (SSSR count). The van der Waals surface area contributed by atoms with Crippen molar-refractivity contribution in [2.75, 3.05) is 0 Å². The molecule has 0 heterocycles. The molecule has 1 aliphatic carbocycles. The zero-order valence-corrected chi connectivity index (χ0v) is 11.7. The monoisotopic (exact) mass is 275 g/mol. The van der Waals surface area contributed by atoms with E-state index in [0.717, 1.165) is 24.8 Å². The van der Waals surface area contributed by atoms with E-state index >= 15 is 0 Å². The highest BCUT2D eigenvalue weighted by Gasteiger charge is 2.18. The first-order valence-corrected chi connectivity index (χ1v) is 7.02. The number of carbonyl (C=O) groups is 1. The van der Waals surface area contributed by atoms with E-state index in [-0.39, 0.29) is 18.6 Å². The number of rotatable bonds is 5. The van der Waals surface area contributed by atoms with Gasteiger partial charge in [-0.3, -0.25) is 4.79 Å². The highest BCUT2D eigenvalue weighted by molar-refractivity contribution is 5.81. The lowest BCUT2D eigenvalue weighted by molar-refractivity contribution is -0.127. The van der Waals surface area contributed by atoms with Gasteiger partial charge in [0.15, 0.2) is 6.10 Å². The Morgan fingerprint density at radius 1 is 1.55 bits per heavy atom. The molecule has 0 fully saturated rings. The average molecular weight is 275 g/mol. The topological polar surface area (TPSA) is 58.6 Å². The molecule has 20 heavy (non-hydrogen) atoms. The van der Waals surface area contributed by atoms with Crippen molar-refractivity contribution < 1.29 is 14.6 Å². The van der Waals surface area contributed by atoms with Gasteiger partial charge in [-0.2, -0.15) is 0 Å². The minimum Gasteiger partial charge on any atom is -0.481 e. The van der Waals surface area contributed by atoms with Crippen LogP contribution in [0.25, 0.3) is 0 Å². The van der Waals surface area contributed by atoms with E-state index in [1.165, 1.54) is 0 Å². The Kier molecular flexibility index (Phi) is 5.18. The average Bonchev–Trinajstić information content (AvgIpc) is 2.48. The van der Waals surface area contributed by atoms with E-state index in [2.05, 4.69) is 11.4 Å². The summed E-state index contributed by atoms with van der Waals surface area (Å²) in [4.78, 5) is 12.1. The molecule has 108 valence electrons. The number of carbonyl (C=O) groups excluding carboxylic acids is 1. The Labute approximate surface area is 119 Å². The molecule has 4 heteroatoms. The van der Waals surface area contributed by atoms with Crippen LogP contribution in [0.15, 0.2) is 36.4 Å². The molecule has 1 aliphatic rings. The summed E-state index contributed by atoms with van der Waals surface area (Å²) >= 11 is 0. The number of aliphatic hydroxyl groups excluding tert-OH is 1. The van der Waals surface area contributed by atoms with Crippen molar-refractivity contribution in [1.29, 1.82) is 0 Å². The Hall–Kier alpha value is -1.81. The number of hydrogen-bond acceptors (Lipinski definition) is 3. The summed E-state index contributed by atoms with van der Waals surface area (Å²) in [6.07, 6.45) is 6.76. The fourth-order valence-corrected chi connectivity index (χ4v) is 2.21. The minimum absolute atomic E-state index is 0.0371. The van der Waals surface area contributed by atoms with Gasteiger partial charge in [0.05, 0.1) is 6.61 Å². The van der Waals surface area contributed by atoms with Crippen molar-refractivity contribution in [2.45, 2.75) is 44.9 Å². The number of benzene rings is 1. The minimum atomic E-state index is -0.556. The van der Waals surface area contributed by atoms with Crippen LogP contribution in [-0.2, 0) is 11.4 Å². The maximum atomic E-state index is 12.1. The molecule has 0 saturated carbocycles. The Bertz CT molecular complexity index is 484. The molecule has 0 radical (unpaired) electrons. The number of aliphatic hydroxyl groups is 1. The predicted molar refractivity (Wildman–Crippen MR) is 77.4 cm³/mol. The zero-order valence-electron chi connectivity index (χ0n) is 11.7. The Morgan fingerprint density at radius 2 is 2.40 bits per heavy atom. The van der Waals surface area contributed by atoms with Gasteiger partial charge in [0.2, 0.25) is 0 Å². The van der Waals surface area contributed by atoms with E-state index in [0.29, 0.717) is 5.75 Å². The lowest BCUT2D eigenvalue weighted by Gasteiger charge is -2.21. The first-order valence-electron chi connectivity index (χ1n) is 7.02. The summed E-state index contributed by atoms with van der Waals surface area (Å²) in [6, 6.07) is 7.25. The van der Waals surface area contributed by atoms with E-state index in [1.807, 2.05) is 12.1 Å². The van der Waals surface area contributed by atoms with Crippen LogP contribution >= 0.6 is 0 Å². The predicted octanol–water partition coefficient (Wildman–Crippen LogP) is 2.17. The van der Waals surface area contributed by atoms with Gasteiger partial charge in [0.25, 0.3) is 5.91 Å². The zero-order chi connectivity index (χ0) is 14.4. The molecule has 0 aliphatic heterocycles. The van der Waals surface area contributed by atoms with Crippen molar-refractivity contribution in [3.63, 3.8) is 0 Å². The highest BCUT2D eigenvalue weighted by Crippen LogP contribution is 2.15. The third-order valence-electron chi connectivity index (χ3n) is 3.35. The van der Waals surface area contributed by atoms with E-state index < -0.39 is 6.10 Å². The van der Waals surface area contributed by atoms with Crippen LogP contribution in [0.3, 0.4) is 0 Å².